The molecular formula is C25H30FN5O2S. The minimum absolute atomic E-state index is 0.00727. The van der Waals surface area contributed by atoms with Gasteiger partial charge < -0.3 is 10.6 Å². The summed E-state index contributed by atoms with van der Waals surface area (Å²) in [4.78, 5) is 8.90. The maximum atomic E-state index is 13.4. The Balaban J connectivity index is 1.45. The SMILES string of the molecule is CS(=O)(=O)N(Cc1cccc(-c2ccnc(NCCc3cccc(F)c3)n2)c1)C1CCNCC1. The summed E-state index contributed by atoms with van der Waals surface area (Å²) in [6.45, 7) is 2.56. The fraction of sp³-hybridized carbons (Fsp3) is 0.360. The first-order valence-corrected chi connectivity index (χ1v) is 13.3. The van der Waals surface area contributed by atoms with Crippen LogP contribution < -0.4 is 10.6 Å². The van der Waals surface area contributed by atoms with E-state index in [9.17, 15) is 12.8 Å². The van der Waals surface area contributed by atoms with Crippen LogP contribution in [0.3, 0.4) is 0 Å². The van der Waals surface area contributed by atoms with Crippen molar-refractivity contribution in [2.75, 3.05) is 31.2 Å². The number of hydrogen-bond donors (Lipinski definition) is 2. The van der Waals surface area contributed by atoms with Gasteiger partial charge in [0.15, 0.2) is 0 Å². The van der Waals surface area contributed by atoms with Gasteiger partial charge in [-0.15, -0.1) is 0 Å². The van der Waals surface area contributed by atoms with Crippen LogP contribution in [-0.4, -0.2) is 54.6 Å². The molecule has 3 aromatic rings. The highest BCUT2D eigenvalue weighted by atomic mass is 32.2. The molecule has 1 aliphatic rings. The van der Waals surface area contributed by atoms with Crippen LogP contribution in [0.4, 0.5) is 10.3 Å². The molecule has 0 aliphatic carbocycles. The lowest BCUT2D eigenvalue weighted by Gasteiger charge is -2.32. The molecule has 0 bridgehead atoms. The summed E-state index contributed by atoms with van der Waals surface area (Å²) in [7, 11) is -3.34. The Labute approximate surface area is 200 Å². The molecule has 1 saturated heterocycles. The largest absolute Gasteiger partial charge is 0.354 e. The smallest absolute Gasteiger partial charge is 0.223 e. The average Bonchev–Trinajstić information content (AvgIpc) is 2.83. The highest BCUT2D eigenvalue weighted by Crippen LogP contribution is 2.23. The summed E-state index contributed by atoms with van der Waals surface area (Å²) in [6, 6.07) is 16.2. The molecule has 2 aromatic carbocycles. The van der Waals surface area contributed by atoms with E-state index in [1.807, 2.05) is 36.4 Å². The van der Waals surface area contributed by atoms with Gasteiger partial charge in [0.25, 0.3) is 0 Å². The number of sulfonamides is 1. The Hall–Kier alpha value is -2.88. The quantitative estimate of drug-likeness (QED) is 0.485. The molecule has 1 fully saturated rings. The maximum absolute atomic E-state index is 13.4. The summed E-state index contributed by atoms with van der Waals surface area (Å²) < 4.78 is 40.0. The highest BCUT2D eigenvalue weighted by molar-refractivity contribution is 7.88. The molecular weight excluding hydrogens is 453 g/mol. The molecule has 0 radical (unpaired) electrons. The molecule has 180 valence electrons. The molecule has 0 saturated carbocycles. The average molecular weight is 484 g/mol. The number of hydrogen-bond acceptors (Lipinski definition) is 6. The van der Waals surface area contributed by atoms with Crippen LogP contribution in [0.25, 0.3) is 11.3 Å². The Morgan fingerprint density at radius 3 is 2.62 bits per heavy atom. The van der Waals surface area contributed by atoms with Gasteiger partial charge in [-0.05, 0) is 67.7 Å². The van der Waals surface area contributed by atoms with Gasteiger partial charge in [-0.3, -0.25) is 0 Å². The van der Waals surface area contributed by atoms with Crippen molar-refractivity contribution < 1.29 is 12.8 Å². The molecule has 9 heteroatoms. The number of aromatic nitrogens is 2. The second kappa shape index (κ2) is 11.0. The number of anilines is 1. The van der Waals surface area contributed by atoms with Gasteiger partial charge in [0.05, 0.1) is 11.9 Å². The third-order valence-electron chi connectivity index (χ3n) is 5.94. The predicted octanol–water partition coefficient (Wildman–Crippen LogP) is 3.45. The van der Waals surface area contributed by atoms with Crippen LogP contribution in [0.1, 0.15) is 24.0 Å². The maximum Gasteiger partial charge on any atom is 0.223 e. The van der Waals surface area contributed by atoms with Crippen molar-refractivity contribution in [3.8, 4) is 11.3 Å². The topological polar surface area (TPSA) is 87.2 Å². The summed E-state index contributed by atoms with van der Waals surface area (Å²) in [5.41, 5.74) is 3.46. The van der Waals surface area contributed by atoms with Gasteiger partial charge in [0.2, 0.25) is 16.0 Å². The lowest BCUT2D eigenvalue weighted by atomic mass is 10.0. The first-order chi connectivity index (χ1) is 16.4. The molecule has 1 aromatic heterocycles. The second-order valence-corrected chi connectivity index (χ2v) is 10.5. The lowest BCUT2D eigenvalue weighted by Crippen LogP contribution is -2.45. The number of halogens is 1. The number of rotatable bonds is 9. The molecule has 2 N–H and O–H groups in total. The Morgan fingerprint density at radius 1 is 1.09 bits per heavy atom. The van der Waals surface area contributed by atoms with Crippen molar-refractivity contribution >= 4 is 16.0 Å². The monoisotopic (exact) mass is 483 g/mol. The number of nitrogens with zero attached hydrogens (tertiary/aromatic N) is 3. The van der Waals surface area contributed by atoms with Gasteiger partial charge in [-0.2, -0.15) is 4.31 Å². The van der Waals surface area contributed by atoms with E-state index in [0.717, 1.165) is 48.3 Å². The molecule has 1 aliphatic heterocycles. The second-order valence-electron chi connectivity index (χ2n) is 8.56. The molecule has 4 rings (SSSR count). The van der Waals surface area contributed by atoms with E-state index in [0.29, 0.717) is 25.5 Å². The molecule has 0 unspecified atom stereocenters. The molecule has 7 nitrogen and oxygen atoms in total. The van der Waals surface area contributed by atoms with Crippen LogP contribution in [0.5, 0.6) is 0 Å². The Morgan fingerprint density at radius 2 is 1.85 bits per heavy atom. The van der Waals surface area contributed by atoms with Crippen molar-refractivity contribution in [3.63, 3.8) is 0 Å². The third kappa shape index (κ3) is 6.59. The molecule has 2 heterocycles. The van der Waals surface area contributed by atoms with Crippen LogP contribution in [-0.2, 0) is 23.0 Å². The normalized spacial score (nSPS) is 14.9. The Bertz CT molecular complexity index is 1220. The van der Waals surface area contributed by atoms with E-state index < -0.39 is 10.0 Å². The van der Waals surface area contributed by atoms with Gasteiger partial charge in [0.1, 0.15) is 5.82 Å². The lowest BCUT2D eigenvalue weighted by molar-refractivity contribution is 0.258. The minimum atomic E-state index is -3.34. The van der Waals surface area contributed by atoms with Crippen molar-refractivity contribution in [1.82, 2.24) is 19.6 Å². The first kappa shape index (κ1) is 24.3. The van der Waals surface area contributed by atoms with Gasteiger partial charge in [-0.1, -0.05) is 30.3 Å². The highest BCUT2D eigenvalue weighted by Gasteiger charge is 2.28. The third-order valence-corrected chi connectivity index (χ3v) is 7.22. The zero-order chi connectivity index (χ0) is 24.0. The summed E-state index contributed by atoms with van der Waals surface area (Å²) in [6.07, 6.45) is 5.24. The van der Waals surface area contributed by atoms with Crippen LogP contribution >= 0.6 is 0 Å². The summed E-state index contributed by atoms with van der Waals surface area (Å²) in [5, 5.41) is 6.48. The van der Waals surface area contributed by atoms with E-state index in [4.69, 9.17) is 0 Å². The first-order valence-electron chi connectivity index (χ1n) is 11.5. The zero-order valence-electron chi connectivity index (χ0n) is 19.2. The van der Waals surface area contributed by atoms with E-state index in [-0.39, 0.29) is 11.9 Å². The van der Waals surface area contributed by atoms with E-state index in [1.54, 1.807) is 16.6 Å². The zero-order valence-corrected chi connectivity index (χ0v) is 20.1. The van der Waals surface area contributed by atoms with E-state index >= 15 is 0 Å². The van der Waals surface area contributed by atoms with Gasteiger partial charge >= 0.3 is 0 Å². The van der Waals surface area contributed by atoms with Crippen molar-refractivity contribution in [2.45, 2.75) is 31.8 Å². The Kier molecular flexibility index (Phi) is 7.87. The van der Waals surface area contributed by atoms with Crippen LogP contribution in [0, 0.1) is 5.82 Å². The number of benzene rings is 2. The van der Waals surface area contributed by atoms with Gasteiger partial charge in [-0.25, -0.2) is 22.8 Å². The van der Waals surface area contributed by atoms with Crippen molar-refractivity contribution in [3.05, 3.63) is 77.7 Å². The van der Waals surface area contributed by atoms with E-state index in [1.165, 1.54) is 18.4 Å². The number of piperidine rings is 1. The molecule has 0 spiro atoms. The molecule has 0 amide bonds. The number of nitrogens with one attached hydrogen (secondary N) is 2. The van der Waals surface area contributed by atoms with E-state index in [2.05, 4.69) is 20.6 Å². The van der Waals surface area contributed by atoms with Crippen molar-refractivity contribution in [1.29, 1.82) is 0 Å². The minimum Gasteiger partial charge on any atom is -0.354 e. The summed E-state index contributed by atoms with van der Waals surface area (Å²) >= 11 is 0. The standard InChI is InChI=1S/C25H30FN5O2S/c1-34(32,33)31(23-9-12-27-13-10-23)18-20-5-2-6-21(16-20)24-11-15-29-25(30-24)28-14-8-19-4-3-7-22(26)17-19/h2-7,11,15-17,23,27H,8-10,12-14,18H2,1H3,(H,28,29,30). The van der Waals surface area contributed by atoms with Crippen LogP contribution in [0.15, 0.2) is 60.8 Å². The van der Waals surface area contributed by atoms with Gasteiger partial charge in [0, 0.05) is 30.9 Å². The fourth-order valence-electron chi connectivity index (χ4n) is 4.24. The van der Waals surface area contributed by atoms with Crippen LogP contribution in [0.2, 0.25) is 0 Å². The molecule has 0 atom stereocenters. The fourth-order valence-corrected chi connectivity index (χ4v) is 5.37. The summed E-state index contributed by atoms with van der Waals surface area (Å²) in [5.74, 6) is 0.247. The predicted molar refractivity (Wildman–Crippen MR) is 132 cm³/mol. The van der Waals surface area contributed by atoms with Crippen molar-refractivity contribution in [2.24, 2.45) is 0 Å². The molecule has 34 heavy (non-hydrogen) atoms.